The fraction of sp³-hybridized carbons (Fsp3) is 0.636. The SMILES string of the molecule is CNCc1csc2c1CCC(C(F)(F)F)C2. The summed E-state index contributed by atoms with van der Waals surface area (Å²) in [6, 6.07) is 0. The van der Waals surface area contributed by atoms with Gasteiger partial charge in [-0.2, -0.15) is 13.2 Å². The highest BCUT2D eigenvalue weighted by Gasteiger charge is 2.41. The largest absolute Gasteiger partial charge is 0.392 e. The van der Waals surface area contributed by atoms with Crippen LogP contribution in [0.2, 0.25) is 0 Å². The summed E-state index contributed by atoms with van der Waals surface area (Å²) in [6.07, 6.45) is -3.05. The average molecular weight is 249 g/mol. The number of nitrogens with one attached hydrogen (secondary N) is 1. The van der Waals surface area contributed by atoms with Crippen molar-refractivity contribution < 1.29 is 13.2 Å². The van der Waals surface area contributed by atoms with Crippen LogP contribution < -0.4 is 5.32 Å². The zero-order valence-electron chi connectivity index (χ0n) is 9.03. The van der Waals surface area contributed by atoms with Gasteiger partial charge in [-0.05, 0) is 42.8 Å². The Morgan fingerprint density at radius 3 is 2.88 bits per heavy atom. The minimum Gasteiger partial charge on any atom is -0.316 e. The Balaban J connectivity index is 2.17. The predicted octanol–water partition coefficient (Wildman–Crippen LogP) is 3.13. The summed E-state index contributed by atoms with van der Waals surface area (Å²) in [5.74, 6) is -1.14. The first kappa shape index (κ1) is 11.9. The molecule has 0 aromatic carbocycles. The van der Waals surface area contributed by atoms with Crippen LogP contribution in [-0.2, 0) is 19.4 Å². The monoisotopic (exact) mass is 249 g/mol. The summed E-state index contributed by atoms with van der Waals surface area (Å²) in [5, 5.41) is 5.03. The van der Waals surface area contributed by atoms with E-state index in [1.807, 2.05) is 12.4 Å². The van der Waals surface area contributed by atoms with Gasteiger partial charge < -0.3 is 5.32 Å². The Hall–Kier alpha value is -0.550. The fourth-order valence-corrected chi connectivity index (χ4v) is 3.38. The molecule has 1 atom stereocenters. The van der Waals surface area contributed by atoms with Crippen molar-refractivity contribution in [2.75, 3.05) is 7.05 Å². The molecule has 0 saturated carbocycles. The molecule has 1 N–H and O–H groups in total. The Morgan fingerprint density at radius 1 is 1.50 bits per heavy atom. The van der Waals surface area contributed by atoms with Gasteiger partial charge in [0.05, 0.1) is 5.92 Å². The van der Waals surface area contributed by atoms with Gasteiger partial charge in [-0.15, -0.1) is 11.3 Å². The van der Waals surface area contributed by atoms with Crippen LogP contribution >= 0.6 is 11.3 Å². The molecule has 0 aliphatic heterocycles. The van der Waals surface area contributed by atoms with Gasteiger partial charge >= 0.3 is 6.18 Å². The number of thiophene rings is 1. The van der Waals surface area contributed by atoms with E-state index in [4.69, 9.17) is 0 Å². The summed E-state index contributed by atoms with van der Waals surface area (Å²) in [7, 11) is 1.85. The molecule has 90 valence electrons. The maximum atomic E-state index is 12.6. The maximum Gasteiger partial charge on any atom is 0.392 e. The molecular weight excluding hydrogens is 235 g/mol. The molecule has 1 aliphatic carbocycles. The smallest absolute Gasteiger partial charge is 0.316 e. The first-order valence-corrected chi connectivity index (χ1v) is 6.19. The van der Waals surface area contributed by atoms with Crippen LogP contribution in [0.3, 0.4) is 0 Å². The summed E-state index contributed by atoms with van der Waals surface area (Å²) < 4.78 is 37.7. The molecule has 0 spiro atoms. The second kappa shape index (κ2) is 4.37. The lowest BCUT2D eigenvalue weighted by atomic mass is 9.87. The molecule has 2 rings (SSSR count). The Labute approximate surface area is 96.7 Å². The van der Waals surface area contributed by atoms with E-state index in [-0.39, 0.29) is 12.8 Å². The molecule has 0 amide bonds. The van der Waals surface area contributed by atoms with E-state index >= 15 is 0 Å². The maximum absolute atomic E-state index is 12.6. The first-order valence-electron chi connectivity index (χ1n) is 5.31. The van der Waals surface area contributed by atoms with Gasteiger partial charge in [0.1, 0.15) is 0 Å². The van der Waals surface area contributed by atoms with Gasteiger partial charge in [0.2, 0.25) is 0 Å². The lowest BCUT2D eigenvalue weighted by Crippen LogP contribution is -2.28. The van der Waals surface area contributed by atoms with Crippen molar-refractivity contribution in [1.29, 1.82) is 0 Å². The lowest BCUT2D eigenvalue weighted by Gasteiger charge is -2.25. The van der Waals surface area contributed by atoms with Gasteiger partial charge in [0.15, 0.2) is 0 Å². The molecule has 0 radical (unpaired) electrons. The van der Waals surface area contributed by atoms with Crippen molar-refractivity contribution in [3.05, 3.63) is 21.4 Å². The van der Waals surface area contributed by atoms with Gasteiger partial charge in [-0.25, -0.2) is 0 Å². The van der Waals surface area contributed by atoms with E-state index in [0.29, 0.717) is 6.42 Å². The molecule has 16 heavy (non-hydrogen) atoms. The molecule has 1 aliphatic rings. The van der Waals surface area contributed by atoms with Crippen LogP contribution in [0.5, 0.6) is 0 Å². The Morgan fingerprint density at radius 2 is 2.25 bits per heavy atom. The molecule has 0 bridgehead atoms. The number of hydrogen-bond acceptors (Lipinski definition) is 2. The van der Waals surface area contributed by atoms with E-state index in [2.05, 4.69) is 5.32 Å². The summed E-state index contributed by atoms with van der Waals surface area (Å²) >= 11 is 1.47. The van der Waals surface area contributed by atoms with Crippen LogP contribution in [0.1, 0.15) is 22.4 Å². The molecule has 0 saturated heterocycles. The third-order valence-electron chi connectivity index (χ3n) is 3.07. The second-order valence-corrected chi connectivity index (χ2v) is 5.14. The van der Waals surface area contributed by atoms with E-state index in [1.54, 1.807) is 0 Å². The Kier molecular flexibility index (Phi) is 3.26. The Bertz CT molecular complexity index is 370. The van der Waals surface area contributed by atoms with E-state index in [1.165, 1.54) is 16.9 Å². The summed E-state index contributed by atoms with van der Waals surface area (Å²) in [6.45, 7) is 0.752. The van der Waals surface area contributed by atoms with Gasteiger partial charge in [0.25, 0.3) is 0 Å². The number of hydrogen-bond donors (Lipinski definition) is 1. The van der Waals surface area contributed by atoms with Crippen molar-refractivity contribution in [3.63, 3.8) is 0 Å². The zero-order chi connectivity index (χ0) is 11.8. The van der Waals surface area contributed by atoms with Gasteiger partial charge in [-0.1, -0.05) is 0 Å². The average Bonchev–Trinajstić information content (AvgIpc) is 2.60. The molecule has 1 nitrogen and oxygen atoms in total. The second-order valence-electron chi connectivity index (χ2n) is 4.17. The van der Waals surface area contributed by atoms with Crippen LogP contribution in [-0.4, -0.2) is 13.2 Å². The molecule has 1 unspecified atom stereocenters. The van der Waals surface area contributed by atoms with Crippen LogP contribution in [0.25, 0.3) is 0 Å². The van der Waals surface area contributed by atoms with Crippen molar-refractivity contribution in [3.8, 4) is 0 Å². The number of fused-ring (bicyclic) bond motifs is 1. The van der Waals surface area contributed by atoms with E-state index < -0.39 is 12.1 Å². The summed E-state index contributed by atoms with van der Waals surface area (Å²) in [5.41, 5.74) is 2.32. The predicted molar refractivity (Wildman–Crippen MR) is 58.7 cm³/mol. The summed E-state index contributed by atoms with van der Waals surface area (Å²) in [4.78, 5) is 0.929. The molecule has 1 aromatic heterocycles. The molecule has 5 heteroatoms. The molecule has 1 heterocycles. The third kappa shape index (κ3) is 2.25. The number of alkyl halides is 3. The highest BCUT2D eigenvalue weighted by molar-refractivity contribution is 7.10. The molecule has 1 aromatic rings. The third-order valence-corrected chi connectivity index (χ3v) is 4.17. The van der Waals surface area contributed by atoms with Crippen LogP contribution in [0.4, 0.5) is 13.2 Å². The number of halogens is 3. The highest BCUT2D eigenvalue weighted by Crippen LogP contribution is 2.40. The first-order chi connectivity index (χ1) is 7.52. The minimum atomic E-state index is -4.04. The normalized spacial score (nSPS) is 20.9. The topological polar surface area (TPSA) is 12.0 Å². The van der Waals surface area contributed by atoms with Crippen molar-refractivity contribution in [1.82, 2.24) is 5.32 Å². The standard InChI is InChI=1S/C11H14F3NS/c1-15-5-7-6-16-10-4-8(11(12,13)14)2-3-9(7)10/h6,8,15H,2-5H2,1H3. The number of rotatable bonds is 2. The lowest BCUT2D eigenvalue weighted by molar-refractivity contribution is -0.176. The van der Waals surface area contributed by atoms with Crippen LogP contribution in [0, 0.1) is 5.92 Å². The molecule has 0 fully saturated rings. The van der Waals surface area contributed by atoms with Crippen molar-refractivity contribution >= 4 is 11.3 Å². The zero-order valence-corrected chi connectivity index (χ0v) is 9.84. The quantitative estimate of drug-likeness (QED) is 0.849. The van der Waals surface area contributed by atoms with Gasteiger partial charge in [0, 0.05) is 11.4 Å². The van der Waals surface area contributed by atoms with E-state index in [9.17, 15) is 13.2 Å². The van der Waals surface area contributed by atoms with Crippen LogP contribution in [0.15, 0.2) is 5.38 Å². The highest BCUT2D eigenvalue weighted by atomic mass is 32.1. The van der Waals surface area contributed by atoms with E-state index in [0.717, 1.165) is 17.0 Å². The van der Waals surface area contributed by atoms with Crippen molar-refractivity contribution in [2.45, 2.75) is 32.0 Å². The minimum absolute atomic E-state index is 0.174. The van der Waals surface area contributed by atoms with Gasteiger partial charge in [-0.3, -0.25) is 0 Å². The fourth-order valence-electron chi connectivity index (χ4n) is 2.20. The molecular formula is C11H14F3NS. The van der Waals surface area contributed by atoms with Crippen molar-refractivity contribution in [2.24, 2.45) is 5.92 Å².